The van der Waals surface area contributed by atoms with Gasteiger partial charge in [0.05, 0.1) is 41.1 Å². The van der Waals surface area contributed by atoms with E-state index in [9.17, 15) is 14.0 Å². The van der Waals surface area contributed by atoms with Crippen molar-refractivity contribution in [3.63, 3.8) is 0 Å². The molecule has 0 saturated carbocycles. The molecule has 1 aliphatic rings. The van der Waals surface area contributed by atoms with Crippen molar-refractivity contribution in [1.29, 1.82) is 0 Å². The maximum Gasteiger partial charge on any atom is 0.271 e. The van der Waals surface area contributed by atoms with E-state index in [1.165, 1.54) is 42.3 Å². The first-order valence-electron chi connectivity index (χ1n) is 11.9. The van der Waals surface area contributed by atoms with Gasteiger partial charge in [0, 0.05) is 5.69 Å². The summed E-state index contributed by atoms with van der Waals surface area (Å²) in [4.78, 5) is 32.4. The lowest BCUT2D eigenvalue weighted by Crippen LogP contribution is -2.40. The number of carbonyl (C=O) groups is 1. The van der Waals surface area contributed by atoms with Crippen LogP contribution in [0.4, 0.5) is 10.1 Å². The zero-order valence-electron chi connectivity index (χ0n) is 21.2. The smallest absolute Gasteiger partial charge is 0.271 e. The molecule has 10 heteroatoms. The van der Waals surface area contributed by atoms with Crippen molar-refractivity contribution in [2.45, 2.75) is 13.0 Å². The number of para-hydroxylation sites is 1. The number of ether oxygens (including phenoxy) is 2. The number of nitrogens with one attached hydrogen (secondary N) is 1. The summed E-state index contributed by atoms with van der Waals surface area (Å²) in [7, 11) is 2.99. The van der Waals surface area contributed by atoms with Gasteiger partial charge < -0.3 is 14.8 Å². The predicted molar refractivity (Wildman–Crippen MR) is 150 cm³/mol. The quantitative estimate of drug-likeness (QED) is 0.369. The van der Waals surface area contributed by atoms with Gasteiger partial charge in [0.25, 0.3) is 11.5 Å². The molecule has 4 aromatic rings. The minimum atomic E-state index is -0.818. The molecule has 0 saturated heterocycles. The molecule has 0 radical (unpaired) electrons. The summed E-state index contributed by atoms with van der Waals surface area (Å²) in [6.07, 6.45) is 1.68. The molecule has 0 spiro atoms. The van der Waals surface area contributed by atoms with E-state index < -0.39 is 17.8 Å². The van der Waals surface area contributed by atoms with Crippen LogP contribution in [-0.2, 0) is 4.79 Å². The molecular weight excluding hydrogens is 541 g/mol. The van der Waals surface area contributed by atoms with E-state index in [0.717, 1.165) is 0 Å². The van der Waals surface area contributed by atoms with Crippen molar-refractivity contribution < 1.29 is 18.7 Å². The molecule has 0 fully saturated rings. The van der Waals surface area contributed by atoms with Crippen LogP contribution in [0.25, 0.3) is 6.08 Å². The molecule has 198 valence electrons. The SMILES string of the molecule is COc1cc(/C=c2\sc3n(c2=O)[C@H](c2ccc(F)cc2)C(C(=O)Nc2ccccc2)=C(C)N=3)cc(Cl)c1OC. The maximum atomic E-state index is 13.8. The lowest BCUT2D eigenvalue weighted by molar-refractivity contribution is -0.113. The fourth-order valence-electron chi connectivity index (χ4n) is 4.46. The van der Waals surface area contributed by atoms with E-state index in [0.29, 0.717) is 53.9 Å². The summed E-state index contributed by atoms with van der Waals surface area (Å²) in [5.41, 5.74) is 2.20. The van der Waals surface area contributed by atoms with E-state index >= 15 is 0 Å². The Morgan fingerprint density at radius 1 is 1.10 bits per heavy atom. The minimum Gasteiger partial charge on any atom is -0.493 e. The van der Waals surface area contributed by atoms with Gasteiger partial charge in [-0.15, -0.1) is 0 Å². The van der Waals surface area contributed by atoms with Crippen molar-refractivity contribution in [3.8, 4) is 11.5 Å². The molecule has 0 unspecified atom stereocenters. The Kier molecular flexibility index (Phi) is 7.36. The molecule has 1 aromatic heterocycles. The molecule has 39 heavy (non-hydrogen) atoms. The number of hydrogen-bond acceptors (Lipinski definition) is 6. The fourth-order valence-corrected chi connectivity index (χ4v) is 5.81. The topological polar surface area (TPSA) is 81.9 Å². The van der Waals surface area contributed by atoms with Gasteiger partial charge >= 0.3 is 0 Å². The molecule has 2 heterocycles. The summed E-state index contributed by atoms with van der Waals surface area (Å²) in [5.74, 6) is -0.0204. The van der Waals surface area contributed by atoms with Crippen molar-refractivity contribution in [2.75, 3.05) is 19.5 Å². The largest absolute Gasteiger partial charge is 0.493 e. The van der Waals surface area contributed by atoms with Crippen LogP contribution in [0.15, 0.2) is 87.8 Å². The number of methoxy groups -OCH3 is 2. The monoisotopic (exact) mass is 563 g/mol. The van der Waals surface area contributed by atoms with E-state index in [2.05, 4.69) is 10.3 Å². The van der Waals surface area contributed by atoms with Crippen molar-refractivity contribution >= 4 is 40.6 Å². The zero-order valence-corrected chi connectivity index (χ0v) is 22.8. The Morgan fingerprint density at radius 3 is 2.49 bits per heavy atom. The summed E-state index contributed by atoms with van der Waals surface area (Å²) < 4.78 is 26.4. The summed E-state index contributed by atoms with van der Waals surface area (Å²) in [6.45, 7) is 1.72. The number of carbonyl (C=O) groups excluding carboxylic acids is 1. The summed E-state index contributed by atoms with van der Waals surface area (Å²) in [5, 5.41) is 3.22. The van der Waals surface area contributed by atoms with Gasteiger partial charge in [0.2, 0.25) is 0 Å². The van der Waals surface area contributed by atoms with Gasteiger partial charge in [-0.2, -0.15) is 0 Å². The first-order chi connectivity index (χ1) is 18.8. The Bertz CT molecular complexity index is 1780. The third-order valence-corrected chi connectivity index (χ3v) is 7.50. The highest BCUT2D eigenvalue weighted by Gasteiger charge is 2.32. The van der Waals surface area contributed by atoms with Crippen molar-refractivity contribution in [1.82, 2.24) is 4.57 Å². The summed E-state index contributed by atoms with van der Waals surface area (Å²) in [6, 6.07) is 17.3. The number of nitrogens with zero attached hydrogens (tertiary/aromatic N) is 2. The standard InChI is InChI=1S/C29H23ClFN3O4S/c1-16-24(27(35)33-20-7-5-4-6-8-20)25(18-9-11-19(31)12-10-18)34-28(36)23(39-29(34)32-16)15-17-13-21(30)26(38-3)22(14-17)37-2/h4-15,25H,1-3H3,(H,33,35)/b23-15-/t25-/m1/s1. The zero-order chi connectivity index (χ0) is 27.7. The van der Waals surface area contributed by atoms with Gasteiger partial charge in [-0.25, -0.2) is 9.38 Å². The Labute approximate surface area is 232 Å². The third-order valence-electron chi connectivity index (χ3n) is 6.24. The normalized spacial score (nSPS) is 15.0. The maximum absolute atomic E-state index is 13.8. The van der Waals surface area contributed by atoms with Crippen LogP contribution in [0.2, 0.25) is 5.02 Å². The Hall–Kier alpha value is -4.21. The average molecular weight is 564 g/mol. The van der Waals surface area contributed by atoms with Crippen LogP contribution in [0, 0.1) is 5.82 Å². The van der Waals surface area contributed by atoms with Crippen molar-refractivity contribution in [3.05, 3.63) is 120 Å². The molecule has 5 rings (SSSR count). The highest BCUT2D eigenvalue weighted by atomic mass is 35.5. The molecule has 1 atom stereocenters. The van der Waals surface area contributed by atoms with Crippen LogP contribution in [0.1, 0.15) is 24.1 Å². The number of aromatic nitrogens is 1. The molecule has 1 amide bonds. The second-order valence-corrected chi connectivity index (χ2v) is 10.1. The highest BCUT2D eigenvalue weighted by molar-refractivity contribution is 7.07. The fraction of sp³-hybridized carbons (Fsp3) is 0.138. The van der Waals surface area contributed by atoms with Crippen molar-refractivity contribution in [2.24, 2.45) is 4.99 Å². The second-order valence-electron chi connectivity index (χ2n) is 8.69. The number of halogens is 2. The number of hydrogen-bond donors (Lipinski definition) is 1. The average Bonchev–Trinajstić information content (AvgIpc) is 3.22. The van der Waals surface area contributed by atoms with Gasteiger partial charge in [-0.3, -0.25) is 14.2 Å². The Balaban J connectivity index is 1.67. The van der Waals surface area contributed by atoms with E-state index in [1.807, 2.05) is 18.2 Å². The number of thiazole rings is 1. The predicted octanol–water partition coefficient (Wildman–Crippen LogP) is 4.68. The van der Waals surface area contributed by atoms with Gasteiger partial charge in [0.1, 0.15) is 5.82 Å². The number of rotatable bonds is 6. The van der Waals surface area contributed by atoms with E-state index in [-0.39, 0.29) is 5.56 Å². The number of anilines is 1. The lowest BCUT2D eigenvalue weighted by Gasteiger charge is -2.25. The third kappa shape index (κ3) is 5.10. The van der Waals surface area contributed by atoms with Crippen LogP contribution in [0.5, 0.6) is 11.5 Å². The van der Waals surface area contributed by atoms with Gasteiger partial charge in [0.15, 0.2) is 16.3 Å². The van der Waals surface area contributed by atoms with Crippen LogP contribution >= 0.6 is 22.9 Å². The first-order valence-corrected chi connectivity index (χ1v) is 13.1. The van der Waals surface area contributed by atoms with E-state index in [4.69, 9.17) is 21.1 Å². The number of fused-ring (bicyclic) bond motifs is 1. The van der Waals surface area contributed by atoms with Gasteiger partial charge in [-0.1, -0.05) is 53.3 Å². The van der Waals surface area contributed by atoms with Crippen LogP contribution in [-0.4, -0.2) is 24.7 Å². The summed E-state index contributed by atoms with van der Waals surface area (Å²) >= 11 is 7.55. The lowest BCUT2D eigenvalue weighted by atomic mass is 9.95. The molecule has 1 N–H and O–H groups in total. The Morgan fingerprint density at radius 2 is 1.82 bits per heavy atom. The molecule has 7 nitrogen and oxygen atoms in total. The van der Waals surface area contributed by atoms with Crippen LogP contribution < -0.4 is 29.7 Å². The number of amides is 1. The molecule has 0 bridgehead atoms. The molecule has 0 aliphatic carbocycles. The number of benzene rings is 3. The van der Waals surface area contributed by atoms with Gasteiger partial charge in [-0.05, 0) is 60.5 Å². The minimum absolute atomic E-state index is 0.290. The van der Waals surface area contributed by atoms with E-state index in [1.54, 1.807) is 49.4 Å². The molecular formula is C29H23ClFN3O4S. The second kappa shape index (κ2) is 10.9. The van der Waals surface area contributed by atoms with Crippen LogP contribution in [0.3, 0.4) is 0 Å². The first kappa shape index (κ1) is 26.4. The molecule has 1 aliphatic heterocycles. The number of allylic oxidation sites excluding steroid dienone is 1. The highest BCUT2D eigenvalue weighted by Crippen LogP contribution is 2.36. The molecule has 3 aromatic carbocycles.